The third kappa shape index (κ3) is 8.67. The molecule has 69 heavy (non-hydrogen) atoms. The van der Waals surface area contributed by atoms with E-state index in [1.54, 1.807) is 0 Å². The second kappa shape index (κ2) is 17.2. The summed E-state index contributed by atoms with van der Waals surface area (Å²) in [6.45, 7) is 22.8. The molecule has 0 radical (unpaired) electrons. The van der Waals surface area contributed by atoms with Crippen molar-refractivity contribution >= 4 is 21.8 Å². The van der Waals surface area contributed by atoms with Crippen LogP contribution in [0.2, 0.25) is 0 Å². The van der Waals surface area contributed by atoms with Crippen LogP contribution in [0.25, 0.3) is 50.1 Å². The fraction of sp³-hybridized carbons (Fsp3) is 0.219. The average Bonchev–Trinajstić information content (AvgIpc) is 3.96. The highest BCUT2D eigenvalue weighted by atomic mass is 16.5. The maximum absolute atomic E-state index is 7.07. The van der Waals surface area contributed by atoms with Crippen LogP contribution in [-0.4, -0.2) is 14.1 Å². The molecule has 3 aromatic heterocycles. The van der Waals surface area contributed by atoms with E-state index < -0.39 is 0 Å². The summed E-state index contributed by atoms with van der Waals surface area (Å²) in [5.74, 6) is 2.37. The third-order valence-corrected chi connectivity index (χ3v) is 14.1. The first-order valence-electron chi connectivity index (χ1n) is 24.2. The highest BCUT2D eigenvalue weighted by Crippen LogP contribution is 2.40. The lowest BCUT2D eigenvalue weighted by atomic mass is 9.77. The molecular weight excluding hydrogens is 841 g/mol. The predicted molar refractivity (Wildman–Crippen MR) is 285 cm³/mol. The standard InChI is InChI=1S/C64H62N4O/c1-61(2,3)48-32-33-65-60(39-48)68-57-29-21-20-28-55(57)56-31-30-53(41-58(56)68)69-54-38-50(64(9,10)47-26-18-13-19-27-47)36-51(40-54)66-42-59(62(4,5)6)67(43-66)52-35-45(44-22-14-11-15-23-44)34-49(37-52)63(7,8)46-24-16-12-17-25-46/h11-42H,1-10H3. The van der Waals surface area contributed by atoms with Crippen LogP contribution in [0.1, 0.15) is 103 Å². The van der Waals surface area contributed by atoms with E-state index in [1.807, 2.05) is 6.20 Å². The monoisotopic (exact) mass is 902 g/mol. The van der Waals surface area contributed by atoms with Gasteiger partial charge in [-0.2, -0.15) is 0 Å². The molecule has 0 aliphatic carbocycles. The number of ether oxygens (including phenoxy) is 1. The number of nitrogens with zero attached hydrogens (tertiary/aromatic N) is 4. The van der Waals surface area contributed by atoms with Gasteiger partial charge in [0.25, 0.3) is 6.33 Å². The number of benzene rings is 7. The van der Waals surface area contributed by atoms with E-state index in [-0.39, 0.29) is 21.7 Å². The van der Waals surface area contributed by atoms with Crippen LogP contribution in [0.15, 0.2) is 194 Å². The van der Waals surface area contributed by atoms with Crippen LogP contribution in [0.4, 0.5) is 0 Å². The smallest absolute Gasteiger partial charge is 0.269 e. The van der Waals surface area contributed by atoms with Gasteiger partial charge >= 0.3 is 0 Å². The molecule has 3 heterocycles. The van der Waals surface area contributed by atoms with Crippen molar-refractivity contribution < 1.29 is 9.30 Å². The van der Waals surface area contributed by atoms with Gasteiger partial charge < -0.3 is 4.74 Å². The van der Waals surface area contributed by atoms with E-state index in [0.29, 0.717) is 0 Å². The van der Waals surface area contributed by atoms with Crippen molar-refractivity contribution in [3.05, 3.63) is 234 Å². The predicted octanol–water partition coefficient (Wildman–Crippen LogP) is 15.8. The highest BCUT2D eigenvalue weighted by Gasteiger charge is 2.29. The molecule has 0 bridgehead atoms. The zero-order chi connectivity index (χ0) is 48.3. The molecule has 5 heteroatoms. The molecule has 0 aliphatic heterocycles. The molecule has 7 aromatic carbocycles. The molecule has 0 fully saturated rings. The number of rotatable bonds is 10. The number of hydrogen-bond acceptors (Lipinski definition) is 2. The maximum Gasteiger partial charge on any atom is 0.269 e. The van der Waals surface area contributed by atoms with E-state index in [4.69, 9.17) is 9.72 Å². The van der Waals surface area contributed by atoms with Crippen LogP contribution in [-0.2, 0) is 21.7 Å². The van der Waals surface area contributed by atoms with E-state index in [0.717, 1.165) is 61.9 Å². The molecule has 0 unspecified atom stereocenters. The van der Waals surface area contributed by atoms with Gasteiger partial charge in [0.1, 0.15) is 17.3 Å². The molecule has 0 saturated carbocycles. The number of hydrogen-bond donors (Lipinski definition) is 0. The molecular formula is C64H62N4O. The van der Waals surface area contributed by atoms with E-state index >= 15 is 0 Å². The van der Waals surface area contributed by atoms with Crippen molar-refractivity contribution in [2.75, 3.05) is 0 Å². The molecule has 0 aliphatic rings. The molecule has 10 aromatic rings. The van der Waals surface area contributed by atoms with Crippen molar-refractivity contribution in [1.29, 1.82) is 0 Å². The van der Waals surface area contributed by atoms with Crippen LogP contribution < -0.4 is 9.30 Å². The quantitative estimate of drug-likeness (QED) is 0.101. The summed E-state index contributed by atoms with van der Waals surface area (Å²) in [6, 6.07) is 65.3. The molecule has 344 valence electrons. The summed E-state index contributed by atoms with van der Waals surface area (Å²) in [5, 5.41) is 2.32. The molecule has 5 nitrogen and oxygen atoms in total. The van der Waals surface area contributed by atoms with Crippen LogP contribution >= 0.6 is 0 Å². The van der Waals surface area contributed by atoms with Crippen LogP contribution in [0, 0.1) is 6.33 Å². The summed E-state index contributed by atoms with van der Waals surface area (Å²) in [6.07, 6.45) is 8.05. The van der Waals surface area contributed by atoms with Gasteiger partial charge in [0, 0.05) is 40.1 Å². The summed E-state index contributed by atoms with van der Waals surface area (Å²) < 4.78 is 13.8. The van der Waals surface area contributed by atoms with E-state index in [9.17, 15) is 0 Å². The Hall–Kier alpha value is -7.50. The third-order valence-electron chi connectivity index (χ3n) is 14.1. The van der Waals surface area contributed by atoms with Crippen LogP contribution in [0.5, 0.6) is 11.5 Å². The van der Waals surface area contributed by atoms with Crippen molar-refractivity contribution in [3.8, 4) is 39.8 Å². The Labute approximate surface area is 408 Å². The largest absolute Gasteiger partial charge is 0.458 e. The summed E-state index contributed by atoms with van der Waals surface area (Å²) in [5.41, 5.74) is 12.8. The number of para-hydroxylation sites is 1. The van der Waals surface area contributed by atoms with Crippen LogP contribution in [0.3, 0.4) is 0 Å². The minimum atomic E-state index is -0.354. The Morgan fingerprint density at radius 3 is 1.72 bits per heavy atom. The minimum absolute atomic E-state index is 0.0283. The second-order valence-corrected chi connectivity index (χ2v) is 21.7. The molecule has 0 amide bonds. The Balaban J connectivity index is 1.14. The number of fused-ring (bicyclic) bond motifs is 3. The normalized spacial score (nSPS) is 12.5. The Morgan fingerprint density at radius 1 is 0.464 bits per heavy atom. The average molecular weight is 903 g/mol. The summed E-state index contributed by atoms with van der Waals surface area (Å²) in [7, 11) is 0. The second-order valence-electron chi connectivity index (χ2n) is 21.7. The Kier molecular flexibility index (Phi) is 11.3. The highest BCUT2D eigenvalue weighted by molar-refractivity contribution is 6.09. The molecule has 10 rings (SSSR count). The van der Waals surface area contributed by atoms with Crippen molar-refractivity contribution in [3.63, 3.8) is 0 Å². The fourth-order valence-corrected chi connectivity index (χ4v) is 9.72. The summed E-state index contributed by atoms with van der Waals surface area (Å²) >= 11 is 0. The lowest BCUT2D eigenvalue weighted by Crippen LogP contribution is -2.39. The first-order chi connectivity index (χ1) is 32.9. The van der Waals surface area contributed by atoms with Gasteiger partial charge in [-0.1, -0.05) is 184 Å². The van der Waals surface area contributed by atoms with Gasteiger partial charge in [-0.3, -0.25) is 13.7 Å². The maximum atomic E-state index is 7.07. The zero-order valence-electron chi connectivity index (χ0n) is 41.7. The summed E-state index contributed by atoms with van der Waals surface area (Å²) in [4.78, 5) is 4.93. The zero-order valence-corrected chi connectivity index (χ0v) is 41.7. The van der Waals surface area contributed by atoms with Crippen molar-refractivity contribution in [2.45, 2.75) is 90.9 Å². The van der Waals surface area contributed by atoms with E-state index in [2.05, 4.69) is 277 Å². The van der Waals surface area contributed by atoms with Gasteiger partial charge in [0.15, 0.2) is 0 Å². The first kappa shape index (κ1) is 45.3. The number of aromatic nitrogens is 4. The topological polar surface area (TPSA) is 35.9 Å². The van der Waals surface area contributed by atoms with Gasteiger partial charge in [-0.15, -0.1) is 0 Å². The fourth-order valence-electron chi connectivity index (χ4n) is 9.72. The van der Waals surface area contributed by atoms with Gasteiger partial charge in [0.2, 0.25) is 0 Å². The molecule has 0 atom stereocenters. The molecule has 0 N–H and O–H groups in total. The van der Waals surface area contributed by atoms with Gasteiger partial charge in [-0.05, 0) is 110 Å². The van der Waals surface area contributed by atoms with Crippen molar-refractivity contribution in [2.24, 2.45) is 0 Å². The minimum Gasteiger partial charge on any atom is -0.458 e. The first-order valence-corrected chi connectivity index (χ1v) is 24.2. The van der Waals surface area contributed by atoms with E-state index in [1.165, 1.54) is 33.2 Å². The van der Waals surface area contributed by atoms with Gasteiger partial charge in [-0.25, -0.2) is 4.98 Å². The van der Waals surface area contributed by atoms with Crippen molar-refractivity contribution in [1.82, 2.24) is 14.1 Å². The number of pyridine rings is 1. The SMILES string of the molecule is CC(C)(C)c1ccnc(-n2c3ccccc3c3ccc(Oc4cc(-n5[c-][n+](-c6cc(-c7ccccc7)cc(C(C)(C)c7ccccc7)c6)c(C(C)(C)C)c5)cc(C(C)(C)c5ccccc5)c4)cc32)c1. The lowest BCUT2D eigenvalue weighted by Gasteiger charge is -2.28. The Bertz CT molecular complexity index is 3470. The van der Waals surface area contributed by atoms with Gasteiger partial charge in [0.05, 0.1) is 28.1 Å². The Morgan fingerprint density at radius 2 is 1.07 bits per heavy atom. The molecule has 0 saturated heterocycles. The lowest BCUT2D eigenvalue weighted by molar-refractivity contribution is -0.611. The number of imidazole rings is 1. The molecule has 0 spiro atoms.